The number of aromatic nitrogens is 2. The van der Waals surface area contributed by atoms with Crippen molar-refractivity contribution in [3.05, 3.63) is 6.20 Å². The van der Waals surface area contributed by atoms with Crippen molar-refractivity contribution < 1.29 is 9.90 Å². The van der Waals surface area contributed by atoms with Gasteiger partial charge < -0.3 is 20.2 Å². The lowest BCUT2D eigenvalue weighted by atomic mass is 9.93. The number of hydrogen-bond donors (Lipinski definition) is 2. The van der Waals surface area contributed by atoms with Crippen LogP contribution >= 0.6 is 0 Å². The molecule has 3 saturated carbocycles. The number of aliphatic hydroxyl groups is 1. The first-order valence-corrected chi connectivity index (χ1v) is 11.5. The van der Waals surface area contributed by atoms with E-state index in [1.165, 1.54) is 25.7 Å². The van der Waals surface area contributed by atoms with Crippen LogP contribution in [0.25, 0.3) is 0 Å². The Bertz CT molecular complexity index is 758. The topological polar surface area (TPSA) is 81.6 Å². The molecule has 0 saturated heterocycles. The average molecular weight is 400 g/mol. The Kier molecular flexibility index (Phi) is 5.10. The molecule has 158 valence electrons. The van der Waals surface area contributed by atoms with Gasteiger partial charge in [-0.25, -0.2) is 4.98 Å². The standard InChI is InChI=1S/C22H33N5O2/c1-26-19-13-23-22(24-14-9-11-16(28)12-10-14)25-20(19)27(15-5-2-3-6-15)18-8-4-7-17(18)21(26)29/h13-18,28H,2-12H2,1H3,(H,23,24,25). The smallest absolute Gasteiger partial charge is 0.232 e. The molecule has 2 unspecified atom stereocenters. The maximum atomic E-state index is 13.2. The molecule has 5 rings (SSSR count). The number of carbonyl (C=O) groups excluding carboxylic acids is 1. The molecule has 2 N–H and O–H groups in total. The van der Waals surface area contributed by atoms with Crippen molar-refractivity contribution in [2.45, 2.75) is 94.9 Å². The predicted molar refractivity (Wildman–Crippen MR) is 113 cm³/mol. The lowest BCUT2D eigenvalue weighted by Gasteiger charge is -2.37. The summed E-state index contributed by atoms with van der Waals surface area (Å²) in [4.78, 5) is 27.1. The van der Waals surface area contributed by atoms with E-state index >= 15 is 0 Å². The Morgan fingerprint density at radius 3 is 2.55 bits per heavy atom. The minimum Gasteiger partial charge on any atom is -0.393 e. The lowest BCUT2D eigenvalue weighted by Crippen LogP contribution is -2.46. The largest absolute Gasteiger partial charge is 0.393 e. The highest BCUT2D eigenvalue weighted by molar-refractivity contribution is 5.99. The zero-order valence-electron chi connectivity index (χ0n) is 17.4. The molecule has 4 aliphatic rings. The minimum absolute atomic E-state index is 0.0750. The highest BCUT2D eigenvalue weighted by Crippen LogP contribution is 2.44. The number of nitrogens with one attached hydrogen (secondary N) is 1. The Labute approximate surface area is 172 Å². The van der Waals surface area contributed by atoms with E-state index in [1.807, 2.05) is 13.2 Å². The van der Waals surface area contributed by atoms with Gasteiger partial charge in [0.2, 0.25) is 11.9 Å². The van der Waals surface area contributed by atoms with Crippen molar-refractivity contribution in [3.8, 4) is 0 Å². The van der Waals surface area contributed by atoms with E-state index in [4.69, 9.17) is 4.98 Å². The first-order valence-electron chi connectivity index (χ1n) is 11.5. The fourth-order valence-corrected chi connectivity index (χ4v) is 5.98. The summed E-state index contributed by atoms with van der Waals surface area (Å²) < 4.78 is 0. The number of fused-ring (bicyclic) bond motifs is 2. The number of carbonyl (C=O) groups is 1. The zero-order valence-corrected chi connectivity index (χ0v) is 17.4. The van der Waals surface area contributed by atoms with Gasteiger partial charge in [0.15, 0.2) is 5.82 Å². The van der Waals surface area contributed by atoms with Crippen LogP contribution in [0, 0.1) is 5.92 Å². The van der Waals surface area contributed by atoms with Gasteiger partial charge in [-0.1, -0.05) is 19.3 Å². The molecule has 2 atom stereocenters. The maximum Gasteiger partial charge on any atom is 0.232 e. The molecule has 1 amide bonds. The molecular weight excluding hydrogens is 366 g/mol. The van der Waals surface area contributed by atoms with Gasteiger partial charge in [-0.3, -0.25) is 4.79 Å². The van der Waals surface area contributed by atoms with Crippen LogP contribution in [0.1, 0.15) is 70.6 Å². The second kappa shape index (κ2) is 7.74. The number of amides is 1. The Balaban J connectivity index is 1.50. The SMILES string of the molecule is CN1C(=O)C2CCCC2N(C2CCCC2)c2nc(NC3CCC(O)CC3)ncc21. The van der Waals surface area contributed by atoms with Crippen LogP contribution in [0.3, 0.4) is 0 Å². The number of aliphatic hydroxyl groups excluding tert-OH is 1. The van der Waals surface area contributed by atoms with Crippen molar-refractivity contribution in [1.29, 1.82) is 0 Å². The molecule has 1 aromatic rings. The summed E-state index contributed by atoms with van der Waals surface area (Å²) in [7, 11) is 1.88. The van der Waals surface area contributed by atoms with E-state index in [2.05, 4.69) is 15.2 Å². The van der Waals surface area contributed by atoms with Crippen LogP contribution in [0.2, 0.25) is 0 Å². The van der Waals surface area contributed by atoms with Crippen molar-refractivity contribution in [1.82, 2.24) is 9.97 Å². The van der Waals surface area contributed by atoms with Gasteiger partial charge >= 0.3 is 0 Å². The second-order valence-electron chi connectivity index (χ2n) is 9.40. The molecule has 3 fully saturated rings. The van der Waals surface area contributed by atoms with Crippen molar-refractivity contribution in [2.24, 2.45) is 5.92 Å². The number of nitrogens with zero attached hydrogens (tertiary/aromatic N) is 4. The molecule has 2 heterocycles. The lowest BCUT2D eigenvalue weighted by molar-refractivity contribution is -0.122. The predicted octanol–water partition coefficient (Wildman–Crippen LogP) is 3.09. The third-order valence-corrected chi connectivity index (χ3v) is 7.59. The molecule has 0 bridgehead atoms. The summed E-state index contributed by atoms with van der Waals surface area (Å²) in [5.41, 5.74) is 0.848. The molecule has 7 nitrogen and oxygen atoms in total. The van der Waals surface area contributed by atoms with E-state index < -0.39 is 0 Å². The van der Waals surface area contributed by atoms with Gasteiger partial charge in [0, 0.05) is 25.2 Å². The molecule has 1 aromatic heterocycles. The van der Waals surface area contributed by atoms with E-state index in [1.54, 1.807) is 4.90 Å². The molecule has 0 spiro atoms. The van der Waals surface area contributed by atoms with E-state index in [-0.39, 0.29) is 24.0 Å². The van der Waals surface area contributed by atoms with Gasteiger partial charge in [0.05, 0.1) is 18.2 Å². The van der Waals surface area contributed by atoms with E-state index in [9.17, 15) is 9.90 Å². The number of anilines is 3. The zero-order chi connectivity index (χ0) is 20.0. The van der Waals surface area contributed by atoms with Crippen molar-refractivity contribution in [3.63, 3.8) is 0 Å². The summed E-state index contributed by atoms with van der Waals surface area (Å²) in [5, 5.41) is 13.3. The van der Waals surface area contributed by atoms with Crippen molar-refractivity contribution in [2.75, 3.05) is 22.2 Å². The molecule has 29 heavy (non-hydrogen) atoms. The minimum atomic E-state index is -0.169. The normalized spacial score (nSPS) is 32.8. The Hall–Kier alpha value is -1.89. The van der Waals surface area contributed by atoms with Crippen LogP contribution in [0.15, 0.2) is 6.20 Å². The Morgan fingerprint density at radius 2 is 1.79 bits per heavy atom. The summed E-state index contributed by atoms with van der Waals surface area (Å²) in [5.74, 6) is 1.90. The highest BCUT2D eigenvalue weighted by Gasteiger charge is 2.46. The van der Waals surface area contributed by atoms with Gasteiger partial charge in [0.25, 0.3) is 0 Å². The van der Waals surface area contributed by atoms with Crippen LogP contribution < -0.4 is 15.1 Å². The molecular formula is C22H33N5O2. The maximum absolute atomic E-state index is 13.2. The first kappa shape index (κ1) is 19.1. The molecule has 0 radical (unpaired) electrons. The summed E-state index contributed by atoms with van der Waals surface area (Å²) in [6.07, 6.45) is 13.3. The summed E-state index contributed by atoms with van der Waals surface area (Å²) in [6.45, 7) is 0. The fraction of sp³-hybridized carbons (Fsp3) is 0.773. The van der Waals surface area contributed by atoms with Gasteiger partial charge in [0.1, 0.15) is 5.69 Å². The highest BCUT2D eigenvalue weighted by atomic mass is 16.3. The third kappa shape index (κ3) is 3.47. The van der Waals surface area contributed by atoms with Gasteiger partial charge in [-0.15, -0.1) is 0 Å². The van der Waals surface area contributed by atoms with Crippen LogP contribution in [0.5, 0.6) is 0 Å². The van der Waals surface area contributed by atoms with Crippen LogP contribution in [-0.2, 0) is 4.79 Å². The Morgan fingerprint density at radius 1 is 1.03 bits per heavy atom. The number of hydrogen-bond acceptors (Lipinski definition) is 6. The van der Waals surface area contributed by atoms with Crippen LogP contribution in [0.4, 0.5) is 17.5 Å². The average Bonchev–Trinajstić information content (AvgIpc) is 3.41. The van der Waals surface area contributed by atoms with E-state index in [0.29, 0.717) is 18.0 Å². The first-order chi connectivity index (χ1) is 14.1. The van der Waals surface area contributed by atoms with Crippen molar-refractivity contribution >= 4 is 23.4 Å². The summed E-state index contributed by atoms with van der Waals surface area (Å²) in [6, 6.07) is 1.05. The van der Waals surface area contributed by atoms with Crippen LogP contribution in [-0.4, -0.2) is 52.3 Å². The molecule has 3 aliphatic carbocycles. The molecule has 7 heteroatoms. The summed E-state index contributed by atoms with van der Waals surface area (Å²) >= 11 is 0. The van der Waals surface area contributed by atoms with Gasteiger partial charge in [-0.05, 0) is 51.4 Å². The fourth-order valence-electron chi connectivity index (χ4n) is 5.98. The number of rotatable bonds is 3. The monoisotopic (exact) mass is 399 g/mol. The second-order valence-corrected chi connectivity index (χ2v) is 9.40. The molecule has 1 aliphatic heterocycles. The quantitative estimate of drug-likeness (QED) is 0.813. The van der Waals surface area contributed by atoms with Gasteiger partial charge in [-0.2, -0.15) is 4.98 Å². The van der Waals surface area contributed by atoms with E-state index in [0.717, 1.165) is 56.5 Å². The molecule has 0 aromatic carbocycles. The third-order valence-electron chi connectivity index (χ3n) is 7.59.